The Morgan fingerprint density at radius 2 is 0.926 bits per heavy atom. The topological polar surface area (TPSA) is 0 Å². The molecular formula is C19H15F6PS. The minimum absolute atomic E-state index is 0.0421. The van der Waals surface area contributed by atoms with Gasteiger partial charge in [0.25, 0.3) is 0 Å². The molecule has 0 saturated heterocycles. The van der Waals surface area contributed by atoms with Crippen molar-refractivity contribution in [3.8, 4) is 0 Å². The molecule has 0 unspecified atom stereocenters. The minimum atomic E-state index is -10.7. The molecule has 0 bridgehead atoms. The molecule has 1 aliphatic heterocycles. The first-order chi connectivity index (χ1) is 12.4. The van der Waals surface area contributed by atoms with Gasteiger partial charge in [0, 0.05) is 17.5 Å². The fraction of sp³-hybridized carbons (Fsp3) is 0.0526. The third-order valence-corrected chi connectivity index (χ3v) is 6.16. The number of halogens is 6. The first-order valence-corrected chi connectivity index (χ1v) is 11.2. The van der Waals surface area contributed by atoms with Crippen molar-refractivity contribution >= 4 is 18.7 Å². The molecule has 27 heavy (non-hydrogen) atoms. The van der Waals surface area contributed by atoms with Crippen molar-refractivity contribution in [2.75, 3.05) is 0 Å². The zero-order chi connectivity index (χ0) is 19.8. The van der Waals surface area contributed by atoms with Gasteiger partial charge >= 0.3 is 33.0 Å². The quantitative estimate of drug-likeness (QED) is 0.166. The molecule has 0 radical (unpaired) electrons. The van der Waals surface area contributed by atoms with E-state index < -0.39 is 7.81 Å². The summed E-state index contributed by atoms with van der Waals surface area (Å²) in [7, 11) is -10.6. The van der Waals surface area contributed by atoms with Crippen LogP contribution in [0.5, 0.6) is 0 Å². The Kier molecular flexibility index (Phi) is 4.60. The summed E-state index contributed by atoms with van der Waals surface area (Å²) >= 11 is 0. The van der Waals surface area contributed by atoms with Crippen LogP contribution in [0, 0.1) is 0 Å². The minimum Gasteiger partial charge on any atom is -0.0619 e. The van der Waals surface area contributed by atoms with Crippen LogP contribution in [0.1, 0.15) is 11.1 Å². The van der Waals surface area contributed by atoms with E-state index in [9.17, 15) is 25.2 Å². The van der Waals surface area contributed by atoms with E-state index in [1.54, 1.807) is 0 Å². The van der Waals surface area contributed by atoms with E-state index in [1.807, 2.05) is 0 Å². The third kappa shape index (κ3) is 6.01. The Morgan fingerprint density at radius 3 is 1.37 bits per heavy atom. The van der Waals surface area contributed by atoms with Crippen LogP contribution in [0.15, 0.2) is 93.5 Å². The van der Waals surface area contributed by atoms with Gasteiger partial charge in [0.15, 0.2) is 14.7 Å². The summed E-state index contributed by atoms with van der Waals surface area (Å²) in [6.07, 6.45) is 1.06. The number of hydrogen-bond donors (Lipinski definition) is 0. The van der Waals surface area contributed by atoms with E-state index >= 15 is 0 Å². The molecule has 1 aliphatic rings. The molecule has 0 atom stereocenters. The summed E-state index contributed by atoms with van der Waals surface area (Å²) in [5.41, 5.74) is 2.94. The molecule has 0 fully saturated rings. The van der Waals surface area contributed by atoms with Gasteiger partial charge < -0.3 is 0 Å². The molecule has 0 aromatic heterocycles. The Hall–Kier alpha value is -1.98. The van der Waals surface area contributed by atoms with Gasteiger partial charge in [-0.05, 0) is 24.3 Å². The maximum atomic E-state index is 9.87. The van der Waals surface area contributed by atoms with Gasteiger partial charge in [-0.25, -0.2) is 0 Å². The van der Waals surface area contributed by atoms with Gasteiger partial charge in [-0.1, -0.05) is 54.6 Å². The second-order valence-corrected chi connectivity index (χ2v) is 9.85. The van der Waals surface area contributed by atoms with Crippen LogP contribution in [0.4, 0.5) is 25.2 Å². The average Bonchev–Trinajstić information content (AvgIpc) is 2.57. The molecule has 0 nitrogen and oxygen atoms in total. The number of rotatable bonds is 1. The molecule has 3 aromatic rings. The van der Waals surface area contributed by atoms with E-state index in [4.69, 9.17) is 0 Å². The Morgan fingerprint density at radius 1 is 0.556 bits per heavy atom. The van der Waals surface area contributed by atoms with Crippen molar-refractivity contribution in [2.24, 2.45) is 0 Å². The van der Waals surface area contributed by atoms with Crippen LogP contribution >= 0.6 is 7.81 Å². The molecule has 0 saturated carbocycles. The molecule has 0 N–H and O–H groups in total. The first kappa shape index (κ1) is 19.8. The number of hydrogen-bond acceptors (Lipinski definition) is 0. The van der Waals surface area contributed by atoms with Crippen LogP contribution in [-0.4, -0.2) is 0 Å². The monoisotopic (exact) mass is 420 g/mol. The van der Waals surface area contributed by atoms with Gasteiger partial charge in [0.2, 0.25) is 0 Å². The van der Waals surface area contributed by atoms with Crippen molar-refractivity contribution in [3.05, 3.63) is 90.0 Å². The Bertz CT molecular complexity index is 898. The molecule has 0 spiro atoms. The molecule has 0 amide bonds. The van der Waals surface area contributed by atoms with Crippen molar-refractivity contribution < 1.29 is 25.2 Å². The van der Waals surface area contributed by atoms with Crippen LogP contribution in [0.25, 0.3) is 0 Å². The van der Waals surface area contributed by atoms with Gasteiger partial charge in [0.1, 0.15) is 0 Å². The maximum absolute atomic E-state index is 10.7. The zero-order valence-electron chi connectivity index (χ0n) is 13.8. The Balaban J connectivity index is 0.000000260. The van der Waals surface area contributed by atoms with Crippen LogP contribution in [0.3, 0.4) is 0 Å². The van der Waals surface area contributed by atoms with Crippen molar-refractivity contribution in [2.45, 2.75) is 21.1 Å². The fourth-order valence-corrected chi connectivity index (χ4v) is 5.24. The summed E-state index contributed by atoms with van der Waals surface area (Å²) in [6, 6.07) is 28.6. The first-order valence-electron chi connectivity index (χ1n) is 7.90. The van der Waals surface area contributed by atoms with E-state index in [1.165, 1.54) is 25.8 Å². The predicted octanol–water partition coefficient (Wildman–Crippen LogP) is 8.07. The molecule has 144 valence electrons. The largest absolute Gasteiger partial charge is 0.170 e. The fourth-order valence-electron chi connectivity index (χ4n) is 2.83. The molecule has 0 aliphatic carbocycles. The van der Waals surface area contributed by atoms with Crippen LogP contribution in [-0.2, 0) is 17.3 Å². The van der Waals surface area contributed by atoms with Crippen molar-refractivity contribution in [1.82, 2.24) is 0 Å². The van der Waals surface area contributed by atoms with E-state index in [-0.39, 0.29) is 10.9 Å². The smallest absolute Gasteiger partial charge is 0.0619 e. The summed E-state index contributed by atoms with van der Waals surface area (Å²) in [5, 5.41) is 0. The summed E-state index contributed by atoms with van der Waals surface area (Å²) in [6.45, 7) is 0. The van der Waals surface area contributed by atoms with Crippen LogP contribution < -0.4 is 0 Å². The van der Waals surface area contributed by atoms with E-state index in [2.05, 4.69) is 78.9 Å². The summed E-state index contributed by atoms with van der Waals surface area (Å²) in [4.78, 5) is 4.38. The molecular weight excluding hydrogens is 405 g/mol. The maximum Gasteiger partial charge on any atom is 0.170 e. The average molecular weight is 420 g/mol. The third-order valence-electron chi connectivity index (χ3n) is 3.74. The normalized spacial score (nSPS) is 16.1. The van der Waals surface area contributed by atoms with Crippen molar-refractivity contribution in [1.29, 1.82) is 0 Å². The van der Waals surface area contributed by atoms with Gasteiger partial charge in [-0.3, -0.25) is 0 Å². The standard InChI is InChI=1S/C19H15S.F6P/c1-2-10-17(11-3-1)20-18-12-6-4-8-15(18)14-16-9-5-7-13-19(16)20;1-7(2,3,4,5)6/h1-13H,14H2;/q+1;-1. The Labute approximate surface area is 155 Å². The van der Waals surface area contributed by atoms with E-state index in [0.29, 0.717) is 0 Å². The zero-order valence-corrected chi connectivity index (χ0v) is 15.5. The summed E-state index contributed by atoms with van der Waals surface area (Å²) < 4.78 is 59.2. The molecule has 4 rings (SSSR count). The molecule has 3 aromatic carbocycles. The van der Waals surface area contributed by atoms with Gasteiger partial charge in [0.05, 0.1) is 10.9 Å². The SMILES string of the molecule is F[P-](F)(F)(F)(F)F.c1ccc([S+]2c3ccccc3Cc3ccccc32)cc1. The molecule has 8 heteroatoms. The van der Waals surface area contributed by atoms with Gasteiger partial charge in [-0.2, -0.15) is 0 Å². The van der Waals surface area contributed by atoms with Gasteiger partial charge in [-0.15, -0.1) is 0 Å². The molecule has 1 heterocycles. The van der Waals surface area contributed by atoms with Crippen LogP contribution in [0.2, 0.25) is 0 Å². The van der Waals surface area contributed by atoms with E-state index in [0.717, 1.165) is 6.42 Å². The predicted molar refractivity (Wildman–Crippen MR) is 97.9 cm³/mol. The second-order valence-electron chi connectivity index (χ2n) is 5.97. The summed E-state index contributed by atoms with van der Waals surface area (Å²) in [5.74, 6) is 0. The second kappa shape index (κ2) is 6.28. The van der Waals surface area contributed by atoms with Crippen molar-refractivity contribution in [3.63, 3.8) is 0 Å². The number of fused-ring (bicyclic) bond motifs is 2. The number of benzene rings is 3.